The topological polar surface area (TPSA) is 79.2 Å². The molecule has 0 atom stereocenters. The maximum absolute atomic E-state index is 12.2. The van der Waals surface area contributed by atoms with Gasteiger partial charge in [0.25, 0.3) is 0 Å². The molecule has 0 radical (unpaired) electrons. The van der Waals surface area contributed by atoms with Crippen molar-refractivity contribution < 1.29 is 14.3 Å². The minimum absolute atomic E-state index is 0.164. The number of carbonyl (C=O) groups excluding carboxylic acids is 2. The van der Waals surface area contributed by atoms with Gasteiger partial charge in [-0.05, 0) is 29.2 Å². The zero-order valence-electron chi connectivity index (χ0n) is 15.3. The molecule has 0 spiro atoms. The minimum atomic E-state index is -0.468. The van der Waals surface area contributed by atoms with E-state index in [-0.39, 0.29) is 5.91 Å². The molecule has 2 aromatic carbocycles. The van der Waals surface area contributed by atoms with Crippen LogP contribution in [-0.2, 0) is 16.0 Å². The monoisotopic (exact) mass is 390 g/mol. The van der Waals surface area contributed by atoms with E-state index in [0.29, 0.717) is 29.7 Å². The zero-order valence-corrected chi connectivity index (χ0v) is 16.1. The quantitative estimate of drug-likeness (QED) is 0.622. The van der Waals surface area contributed by atoms with Gasteiger partial charge >= 0.3 is 5.97 Å². The number of aryl methyl sites for hydroxylation is 1. The Balaban J connectivity index is 1.61. The lowest BCUT2D eigenvalue weighted by Crippen LogP contribution is -2.14. The van der Waals surface area contributed by atoms with Gasteiger partial charge in [0.2, 0.25) is 5.91 Å². The molecule has 0 aliphatic carbocycles. The summed E-state index contributed by atoms with van der Waals surface area (Å²) in [5, 5.41) is 15.4. The van der Waals surface area contributed by atoms with E-state index in [1.165, 1.54) is 18.4 Å². The number of hydrogen-bond acceptors (Lipinski definition) is 5. The molecule has 28 heavy (non-hydrogen) atoms. The van der Waals surface area contributed by atoms with Gasteiger partial charge in [0.15, 0.2) is 0 Å². The lowest BCUT2D eigenvalue weighted by atomic mass is 9.98. The molecule has 0 aliphatic rings. The molecule has 0 bridgehead atoms. The van der Waals surface area contributed by atoms with Gasteiger partial charge in [-0.25, -0.2) is 4.79 Å². The highest BCUT2D eigenvalue weighted by Gasteiger charge is 2.15. The molecule has 5 nitrogen and oxygen atoms in total. The van der Waals surface area contributed by atoms with Gasteiger partial charge in [-0.3, -0.25) is 4.79 Å². The summed E-state index contributed by atoms with van der Waals surface area (Å²) in [6.45, 7) is 0. The summed E-state index contributed by atoms with van der Waals surface area (Å²) >= 11 is 1.33. The first kappa shape index (κ1) is 19.3. The van der Waals surface area contributed by atoms with Crippen molar-refractivity contribution in [3.63, 3.8) is 0 Å². The Morgan fingerprint density at radius 2 is 1.86 bits per heavy atom. The first-order chi connectivity index (χ1) is 13.6. The zero-order chi connectivity index (χ0) is 19.9. The number of nitrogens with one attached hydrogen (secondary N) is 1. The van der Waals surface area contributed by atoms with Gasteiger partial charge in [-0.1, -0.05) is 42.5 Å². The molecule has 0 aliphatic heterocycles. The van der Waals surface area contributed by atoms with Crippen LogP contribution >= 0.6 is 11.3 Å². The summed E-state index contributed by atoms with van der Waals surface area (Å²) in [4.78, 5) is 23.9. The molecule has 1 heterocycles. The highest BCUT2D eigenvalue weighted by molar-refractivity contribution is 7.08. The van der Waals surface area contributed by atoms with Gasteiger partial charge < -0.3 is 10.1 Å². The average molecular weight is 390 g/mol. The molecule has 1 aromatic heterocycles. The van der Waals surface area contributed by atoms with E-state index in [9.17, 15) is 14.9 Å². The molecule has 3 aromatic rings. The van der Waals surface area contributed by atoms with Crippen molar-refractivity contribution in [1.29, 1.82) is 5.26 Å². The molecule has 6 heteroatoms. The highest BCUT2D eigenvalue weighted by atomic mass is 32.1. The lowest BCUT2D eigenvalue weighted by molar-refractivity contribution is -0.116. The molecule has 0 saturated carbocycles. The maximum atomic E-state index is 12.2. The van der Waals surface area contributed by atoms with Gasteiger partial charge in [0.05, 0.1) is 30.0 Å². The Hall–Kier alpha value is -3.43. The van der Waals surface area contributed by atoms with E-state index in [1.54, 1.807) is 16.8 Å². The first-order valence-corrected chi connectivity index (χ1v) is 9.59. The third-order valence-electron chi connectivity index (χ3n) is 4.29. The summed E-state index contributed by atoms with van der Waals surface area (Å²) in [7, 11) is 1.31. The summed E-state index contributed by atoms with van der Waals surface area (Å²) in [5.41, 5.74) is 4.35. The number of nitrogens with zero attached hydrogens (tertiary/aromatic N) is 1. The Morgan fingerprint density at radius 1 is 1.11 bits per heavy atom. The Labute approximate surface area is 167 Å². The van der Waals surface area contributed by atoms with Crippen LogP contribution in [0.3, 0.4) is 0 Å². The fraction of sp³-hybridized carbons (Fsp3) is 0.136. The second-order valence-corrected chi connectivity index (χ2v) is 6.84. The molecule has 0 fully saturated rings. The fourth-order valence-electron chi connectivity index (χ4n) is 2.82. The number of rotatable bonds is 6. The van der Waals surface area contributed by atoms with Gasteiger partial charge in [0.1, 0.15) is 0 Å². The van der Waals surface area contributed by atoms with Crippen LogP contribution in [0.1, 0.15) is 27.9 Å². The van der Waals surface area contributed by atoms with Crippen LogP contribution in [0.15, 0.2) is 59.3 Å². The fourth-order valence-corrected chi connectivity index (χ4v) is 3.57. The normalized spacial score (nSPS) is 10.1. The smallest absolute Gasteiger partial charge is 0.340 e. The first-order valence-electron chi connectivity index (χ1n) is 8.65. The molecule has 1 N–H and O–H groups in total. The third kappa shape index (κ3) is 4.45. The molecular weight excluding hydrogens is 372 g/mol. The molecular formula is C22H18N2O3S. The maximum Gasteiger partial charge on any atom is 0.340 e. The van der Waals surface area contributed by atoms with Crippen LogP contribution in [0.25, 0.3) is 11.1 Å². The van der Waals surface area contributed by atoms with E-state index in [2.05, 4.69) is 11.4 Å². The Morgan fingerprint density at radius 3 is 2.57 bits per heavy atom. The number of esters is 1. The van der Waals surface area contributed by atoms with Crippen molar-refractivity contribution in [2.75, 3.05) is 12.4 Å². The van der Waals surface area contributed by atoms with Crippen LogP contribution in [0.4, 0.5) is 5.69 Å². The summed E-state index contributed by atoms with van der Waals surface area (Å²) in [6.07, 6.45) is 0.869. The summed E-state index contributed by atoms with van der Waals surface area (Å²) in [6, 6.07) is 17.5. The van der Waals surface area contributed by atoms with Crippen LogP contribution in [0, 0.1) is 11.3 Å². The van der Waals surface area contributed by atoms with Crippen LogP contribution in [0.2, 0.25) is 0 Å². The van der Waals surface area contributed by atoms with Crippen LogP contribution < -0.4 is 5.32 Å². The molecule has 0 unspecified atom stereocenters. The van der Waals surface area contributed by atoms with Gasteiger partial charge in [-0.2, -0.15) is 5.26 Å². The molecule has 0 saturated heterocycles. The highest BCUT2D eigenvalue weighted by Crippen LogP contribution is 2.24. The number of ether oxygens (including phenoxy) is 1. The number of hydrogen-bond donors (Lipinski definition) is 1. The van der Waals surface area contributed by atoms with E-state index in [0.717, 1.165) is 16.7 Å². The number of anilines is 1. The van der Waals surface area contributed by atoms with Crippen molar-refractivity contribution in [3.05, 3.63) is 76.0 Å². The summed E-state index contributed by atoms with van der Waals surface area (Å²) < 4.78 is 4.71. The average Bonchev–Trinajstić information content (AvgIpc) is 3.20. The molecule has 140 valence electrons. The van der Waals surface area contributed by atoms with Crippen molar-refractivity contribution in [1.82, 2.24) is 0 Å². The molecule has 1 amide bonds. The standard InChI is InChI=1S/C22H18N2O3S/c1-27-22(26)19-13-28-14-20(19)24-21(25)11-8-15-6-9-16(10-7-15)18-5-3-2-4-17(18)12-23/h2-7,9-10,13-14H,8,11H2,1H3,(H,24,25). The van der Waals surface area contributed by atoms with Crippen molar-refractivity contribution >= 4 is 28.9 Å². The van der Waals surface area contributed by atoms with Crippen molar-refractivity contribution in [3.8, 4) is 17.2 Å². The predicted octanol–water partition coefficient (Wildman–Crippen LogP) is 4.64. The largest absolute Gasteiger partial charge is 0.465 e. The van der Waals surface area contributed by atoms with Crippen LogP contribution in [-0.4, -0.2) is 19.0 Å². The van der Waals surface area contributed by atoms with E-state index >= 15 is 0 Å². The second-order valence-electron chi connectivity index (χ2n) is 6.09. The number of benzene rings is 2. The lowest BCUT2D eigenvalue weighted by Gasteiger charge is -2.07. The van der Waals surface area contributed by atoms with Gasteiger partial charge in [-0.15, -0.1) is 11.3 Å². The van der Waals surface area contributed by atoms with Gasteiger partial charge in [0, 0.05) is 17.2 Å². The number of nitriles is 1. The summed E-state index contributed by atoms with van der Waals surface area (Å²) in [5.74, 6) is -0.632. The number of thiophene rings is 1. The van der Waals surface area contributed by atoms with Crippen molar-refractivity contribution in [2.24, 2.45) is 0 Å². The van der Waals surface area contributed by atoms with Crippen molar-refractivity contribution in [2.45, 2.75) is 12.8 Å². The Bertz CT molecular complexity index is 1030. The van der Waals surface area contributed by atoms with E-state index in [4.69, 9.17) is 4.74 Å². The minimum Gasteiger partial charge on any atom is -0.465 e. The SMILES string of the molecule is COC(=O)c1cscc1NC(=O)CCc1ccc(-c2ccccc2C#N)cc1. The number of methoxy groups -OCH3 is 1. The predicted molar refractivity (Wildman–Crippen MR) is 109 cm³/mol. The second kappa shape index (κ2) is 8.98. The Kier molecular flexibility index (Phi) is 6.20. The number of amides is 1. The third-order valence-corrected chi connectivity index (χ3v) is 5.04. The number of carbonyl (C=O) groups is 2. The molecule has 3 rings (SSSR count). The van der Waals surface area contributed by atoms with E-state index < -0.39 is 5.97 Å². The van der Waals surface area contributed by atoms with Crippen LogP contribution in [0.5, 0.6) is 0 Å². The van der Waals surface area contributed by atoms with E-state index in [1.807, 2.05) is 42.5 Å².